The van der Waals surface area contributed by atoms with Gasteiger partial charge in [-0.25, -0.2) is 4.68 Å². The van der Waals surface area contributed by atoms with Crippen molar-refractivity contribution in [2.45, 2.75) is 25.1 Å². The number of rotatable bonds is 5. The lowest BCUT2D eigenvalue weighted by atomic mass is 9.92. The van der Waals surface area contributed by atoms with Crippen LogP contribution in [0.5, 0.6) is 5.75 Å². The van der Waals surface area contributed by atoms with Crippen LogP contribution in [0.4, 0.5) is 20.4 Å². The number of nitrogens with zero attached hydrogens (tertiary/aromatic N) is 4. The highest BCUT2D eigenvalue weighted by Gasteiger charge is 2.32. The number of hydrogen-bond donors (Lipinski definition) is 1. The number of ether oxygens (including phenoxy) is 1. The van der Waals surface area contributed by atoms with Crippen molar-refractivity contribution in [2.75, 3.05) is 5.32 Å². The van der Waals surface area contributed by atoms with Gasteiger partial charge in [0.1, 0.15) is 12.1 Å². The van der Waals surface area contributed by atoms with Crippen LogP contribution in [0.3, 0.4) is 0 Å². The zero-order chi connectivity index (χ0) is 19.7. The van der Waals surface area contributed by atoms with Crippen LogP contribution in [-0.4, -0.2) is 26.3 Å². The van der Waals surface area contributed by atoms with Gasteiger partial charge in [-0.2, -0.15) is 18.9 Å². The smallest absolute Gasteiger partial charge is 0.387 e. The Morgan fingerprint density at radius 2 is 2.07 bits per heavy atom. The largest absolute Gasteiger partial charge is 0.434 e. The monoisotopic (exact) mass is 387 g/mol. The van der Waals surface area contributed by atoms with Crippen LogP contribution < -0.4 is 10.1 Å². The number of nitro benzene ring substituents is 1. The van der Waals surface area contributed by atoms with Gasteiger partial charge in [-0.1, -0.05) is 30.3 Å². The Balaban J connectivity index is 1.74. The number of para-hydroxylation sites is 1. The van der Waals surface area contributed by atoms with E-state index in [0.29, 0.717) is 23.5 Å². The highest BCUT2D eigenvalue weighted by atomic mass is 19.3. The minimum atomic E-state index is -2.95. The van der Waals surface area contributed by atoms with Gasteiger partial charge in [0.25, 0.3) is 5.69 Å². The van der Waals surface area contributed by atoms with E-state index in [9.17, 15) is 18.9 Å². The molecule has 1 aliphatic heterocycles. The number of anilines is 1. The first kappa shape index (κ1) is 17.8. The summed E-state index contributed by atoms with van der Waals surface area (Å²) in [5, 5.41) is 18.5. The molecule has 2 aromatic carbocycles. The molecule has 28 heavy (non-hydrogen) atoms. The molecule has 1 aliphatic rings. The summed E-state index contributed by atoms with van der Waals surface area (Å²) in [6, 6.07) is 12.1. The zero-order valence-electron chi connectivity index (χ0n) is 14.4. The molecule has 8 nitrogen and oxygen atoms in total. The number of halogens is 2. The summed E-state index contributed by atoms with van der Waals surface area (Å²) in [5.74, 6) is 0.503. The van der Waals surface area contributed by atoms with Crippen molar-refractivity contribution < 1.29 is 18.4 Å². The van der Waals surface area contributed by atoms with E-state index in [4.69, 9.17) is 0 Å². The first-order chi connectivity index (χ1) is 13.5. The SMILES string of the molecule is O=[N+]([O-])c1cccc(C2CC(c3ccccc3OC(F)F)n3ncnc3N2)c1. The predicted octanol–water partition coefficient (Wildman–Crippen LogP) is 3.93. The number of aromatic nitrogens is 3. The van der Waals surface area contributed by atoms with Gasteiger partial charge in [-0.3, -0.25) is 10.1 Å². The Labute approximate surface area is 157 Å². The molecule has 0 saturated carbocycles. The zero-order valence-corrected chi connectivity index (χ0v) is 14.4. The molecule has 0 saturated heterocycles. The summed E-state index contributed by atoms with van der Waals surface area (Å²) in [5.41, 5.74) is 1.21. The second-order valence-corrected chi connectivity index (χ2v) is 6.25. The summed E-state index contributed by atoms with van der Waals surface area (Å²) in [4.78, 5) is 14.8. The maximum Gasteiger partial charge on any atom is 0.387 e. The molecule has 2 atom stereocenters. The molecule has 144 valence electrons. The molecular formula is C18H15F2N5O3. The van der Waals surface area contributed by atoms with Gasteiger partial charge in [-0.15, -0.1) is 0 Å². The van der Waals surface area contributed by atoms with Gasteiger partial charge in [0.2, 0.25) is 5.95 Å². The lowest BCUT2D eigenvalue weighted by Crippen LogP contribution is -2.28. The molecule has 0 spiro atoms. The fraction of sp³-hybridized carbons (Fsp3) is 0.222. The molecule has 0 bridgehead atoms. The number of nitrogens with one attached hydrogen (secondary N) is 1. The first-order valence-electron chi connectivity index (χ1n) is 8.47. The number of hydrogen-bond acceptors (Lipinski definition) is 6. The van der Waals surface area contributed by atoms with Crippen molar-refractivity contribution in [3.63, 3.8) is 0 Å². The fourth-order valence-electron chi connectivity index (χ4n) is 3.41. The van der Waals surface area contributed by atoms with E-state index in [0.717, 1.165) is 0 Å². The highest BCUT2D eigenvalue weighted by molar-refractivity contribution is 5.44. The molecule has 0 radical (unpaired) electrons. The van der Waals surface area contributed by atoms with Crippen molar-refractivity contribution in [3.05, 3.63) is 76.1 Å². The van der Waals surface area contributed by atoms with Crippen LogP contribution in [0, 0.1) is 10.1 Å². The van der Waals surface area contributed by atoms with E-state index < -0.39 is 17.6 Å². The first-order valence-corrected chi connectivity index (χ1v) is 8.47. The average Bonchev–Trinajstić information content (AvgIpc) is 3.16. The number of benzene rings is 2. The fourth-order valence-corrected chi connectivity index (χ4v) is 3.41. The third-order valence-electron chi connectivity index (χ3n) is 4.61. The van der Waals surface area contributed by atoms with Crippen molar-refractivity contribution >= 4 is 11.6 Å². The summed E-state index contributed by atoms with van der Waals surface area (Å²) >= 11 is 0. The van der Waals surface area contributed by atoms with E-state index in [1.807, 2.05) is 0 Å². The Kier molecular flexibility index (Phi) is 4.60. The maximum absolute atomic E-state index is 12.8. The molecule has 0 aliphatic carbocycles. The Morgan fingerprint density at radius 3 is 2.86 bits per heavy atom. The number of non-ortho nitro benzene ring substituents is 1. The summed E-state index contributed by atoms with van der Waals surface area (Å²) in [6.07, 6.45) is 1.78. The van der Waals surface area contributed by atoms with E-state index in [1.165, 1.54) is 24.5 Å². The quantitative estimate of drug-likeness (QED) is 0.526. The van der Waals surface area contributed by atoms with Crippen LogP contribution >= 0.6 is 0 Å². The highest BCUT2D eigenvalue weighted by Crippen LogP contribution is 2.41. The second-order valence-electron chi connectivity index (χ2n) is 6.25. The topological polar surface area (TPSA) is 95.1 Å². The van der Waals surface area contributed by atoms with Crippen LogP contribution in [0.1, 0.15) is 29.6 Å². The van der Waals surface area contributed by atoms with E-state index in [-0.39, 0.29) is 17.5 Å². The summed E-state index contributed by atoms with van der Waals surface area (Å²) in [7, 11) is 0. The molecule has 1 aromatic heterocycles. The summed E-state index contributed by atoms with van der Waals surface area (Å²) < 4.78 is 31.9. The molecule has 1 N–H and O–H groups in total. The van der Waals surface area contributed by atoms with Crippen molar-refractivity contribution in [2.24, 2.45) is 0 Å². The van der Waals surface area contributed by atoms with Crippen molar-refractivity contribution in [1.82, 2.24) is 14.8 Å². The van der Waals surface area contributed by atoms with Crippen LogP contribution in [0.25, 0.3) is 0 Å². The second kappa shape index (κ2) is 7.22. The predicted molar refractivity (Wildman–Crippen MR) is 95.3 cm³/mol. The molecule has 0 fully saturated rings. The van der Waals surface area contributed by atoms with E-state index in [2.05, 4.69) is 20.1 Å². The molecule has 2 unspecified atom stereocenters. The number of fused-ring (bicyclic) bond motifs is 1. The number of nitro groups is 1. The summed E-state index contributed by atoms with van der Waals surface area (Å²) in [6.45, 7) is -2.95. The normalized spacial score (nSPS) is 18.4. The lowest BCUT2D eigenvalue weighted by Gasteiger charge is -2.32. The maximum atomic E-state index is 12.8. The molecule has 0 amide bonds. The van der Waals surface area contributed by atoms with Crippen LogP contribution in [-0.2, 0) is 0 Å². The standard InChI is InChI=1S/C18H15F2N5O3/c19-17(20)28-16-7-2-1-6-13(16)15-9-14(23-18-21-10-22-24(15)18)11-4-3-5-12(8-11)25(26)27/h1-8,10,14-15,17H,9H2,(H,21,22,23). The van der Waals surface area contributed by atoms with Gasteiger partial charge in [0, 0.05) is 17.7 Å². The van der Waals surface area contributed by atoms with Gasteiger partial charge < -0.3 is 10.1 Å². The Hall–Kier alpha value is -3.56. The molecule has 4 rings (SSSR count). The van der Waals surface area contributed by atoms with Crippen molar-refractivity contribution in [3.8, 4) is 5.75 Å². The lowest BCUT2D eigenvalue weighted by molar-refractivity contribution is -0.384. The Bertz CT molecular complexity index is 1010. The molecule has 10 heteroatoms. The molecule has 3 aromatic rings. The third-order valence-corrected chi connectivity index (χ3v) is 4.61. The van der Waals surface area contributed by atoms with Crippen molar-refractivity contribution in [1.29, 1.82) is 0 Å². The third kappa shape index (κ3) is 3.36. The van der Waals surface area contributed by atoms with E-state index in [1.54, 1.807) is 35.0 Å². The van der Waals surface area contributed by atoms with Gasteiger partial charge in [0.05, 0.1) is 17.0 Å². The van der Waals surface area contributed by atoms with Crippen LogP contribution in [0.2, 0.25) is 0 Å². The minimum Gasteiger partial charge on any atom is -0.434 e. The minimum absolute atomic E-state index is 0.0238. The average molecular weight is 387 g/mol. The van der Waals surface area contributed by atoms with Gasteiger partial charge in [-0.05, 0) is 18.1 Å². The van der Waals surface area contributed by atoms with Gasteiger partial charge >= 0.3 is 6.61 Å². The van der Waals surface area contributed by atoms with Crippen LogP contribution in [0.15, 0.2) is 54.9 Å². The Morgan fingerprint density at radius 1 is 1.25 bits per heavy atom. The van der Waals surface area contributed by atoms with Gasteiger partial charge in [0.15, 0.2) is 0 Å². The van der Waals surface area contributed by atoms with E-state index >= 15 is 0 Å². The molecule has 2 heterocycles. The number of alkyl halides is 2. The molecular weight excluding hydrogens is 372 g/mol.